The first-order chi connectivity index (χ1) is 7.26. The van der Waals surface area contributed by atoms with Crippen molar-refractivity contribution in [2.24, 2.45) is 0 Å². The van der Waals surface area contributed by atoms with E-state index in [0.717, 1.165) is 0 Å². The average Bonchev–Trinajstić information content (AvgIpc) is 1.98. The lowest BCUT2D eigenvalue weighted by Gasteiger charge is -2.26. The van der Waals surface area contributed by atoms with Crippen LogP contribution < -0.4 is 10.6 Å². The summed E-state index contributed by atoms with van der Waals surface area (Å²) in [5.41, 5.74) is -0.484. The molecular weight excluding hydrogens is 212 g/mol. The molecule has 6 heteroatoms. The Morgan fingerprint density at radius 3 is 2.44 bits per heavy atom. The van der Waals surface area contributed by atoms with Crippen LogP contribution in [0, 0.1) is 0 Å². The highest BCUT2D eigenvalue weighted by Gasteiger charge is 2.21. The number of urea groups is 1. The first kappa shape index (κ1) is 14.7. The standard InChI is InChI=1S/C10H20N2O4/c1-7(5-8(13)14)11-9(15)12-10(2,3)6-16-4/h7H,5-6H2,1-4H3,(H,13,14)(H2,11,12,15). The summed E-state index contributed by atoms with van der Waals surface area (Å²) < 4.78 is 4.94. The van der Waals surface area contributed by atoms with Gasteiger partial charge in [0.25, 0.3) is 0 Å². The van der Waals surface area contributed by atoms with Crippen LogP contribution in [-0.4, -0.2) is 42.4 Å². The first-order valence-corrected chi connectivity index (χ1v) is 5.06. The van der Waals surface area contributed by atoms with Crippen molar-refractivity contribution in [1.82, 2.24) is 10.6 Å². The van der Waals surface area contributed by atoms with E-state index in [9.17, 15) is 9.59 Å². The summed E-state index contributed by atoms with van der Waals surface area (Å²) in [6, 6.07) is -0.799. The fourth-order valence-electron chi connectivity index (χ4n) is 1.28. The molecule has 0 rings (SSSR count). The maximum Gasteiger partial charge on any atom is 0.315 e. The maximum absolute atomic E-state index is 11.5. The van der Waals surface area contributed by atoms with Crippen molar-refractivity contribution < 1.29 is 19.4 Å². The van der Waals surface area contributed by atoms with E-state index in [4.69, 9.17) is 9.84 Å². The number of carboxylic acids is 1. The van der Waals surface area contributed by atoms with Crippen molar-refractivity contribution in [2.45, 2.75) is 38.8 Å². The summed E-state index contributed by atoms with van der Waals surface area (Å²) in [4.78, 5) is 21.8. The van der Waals surface area contributed by atoms with Crippen molar-refractivity contribution in [3.05, 3.63) is 0 Å². The highest BCUT2D eigenvalue weighted by molar-refractivity contribution is 5.76. The second-order valence-electron chi connectivity index (χ2n) is 4.41. The topological polar surface area (TPSA) is 87.7 Å². The number of hydrogen-bond acceptors (Lipinski definition) is 3. The van der Waals surface area contributed by atoms with Gasteiger partial charge in [0, 0.05) is 13.2 Å². The smallest absolute Gasteiger partial charge is 0.315 e. The monoisotopic (exact) mass is 232 g/mol. The van der Waals surface area contributed by atoms with Crippen LogP contribution in [0.5, 0.6) is 0 Å². The molecular formula is C10H20N2O4. The summed E-state index contributed by atoms with van der Waals surface area (Å²) in [5, 5.41) is 13.8. The summed E-state index contributed by atoms with van der Waals surface area (Å²) in [6.45, 7) is 5.65. The third-order valence-electron chi connectivity index (χ3n) is 1.82. The van der Waals surface area contributed by atoms with Crippen LogP contribution in [0.2, 0.25) is 0 Å². The second kappa shape index (κ2) is 6.32. The maximum atomic E-state index is 11.5. The molecule has 1 unspecified atom stereocenters. The van der Waals surface area contributed by atoms with Gasteiger partial charge in [-0.05, 0) is 20.8 Å². The van der Waals surface area contributed by atoms with Crippen LogP contribution in [0.15, 0.2) is 0 Å². The fourth-order valence-corrected chi connectivity index (χ4v) is 1.28. The zero-order chi connectivity index (χ0) is 12.8. The molecule has 94 valence electrons. The highest BCUT2D eigenvalue weighted by Crippen LogP contribution is 2.01. The minimum atomic E-state index is -0.941. The van der Waals surface area contributed by atoms with Crippen molar-refractivity contribution in [2.75, 3.05) is 13.7 Å². The van der Waals surface area contributed by atoms with E-state index in [1.54, 1.807) is 14.0 Å². The molecule has 0 heterocycles. The summed E-state index contributed by atoms with van der Waals surface area (Å²) >= 11 is 0. The molecule has 0 saturated heterocycles. The zero-order valence-electron chi connectivity index (χ0n) is 10.2. The Kier molecular flexibility index (Phi) is 5.81. The first-order valence-electron chi connectivity index (χ1n) is 5.06. The number of methoxy groups -OCH3 is 1. The molecule has 0 aromatic carbocycles. The predicted octanol–water partition coefficient (Wildman–Crippen LogP) is 0.574. The Morgan fingerprint density at radius 2 is 2.00 bits per heavy atom. The predicted molar refractivity (Wildman–Crippen MR) is 59.3 cm³/mol. The Bertz CT molecular complexity index is 253. The van der Waals surface area contributed by atoms with Crippen LogP contribution in [0.4, 0.5) is 4.79 Å². The normalized spacial score (nSPS) is 13.0. The van der Waals surface area contributed by atoms with Crippen molar-refractivity contribution in [3.8, 4) is 0 Å². The Balaban J connectivity index is 4.03. The minimum absolute atomic E-state index is 0.0991. The van der Waals surface area contributed by atoms with Crippen molar-refractivity contribution in [3.63, 3.8) is 0 Å². The van der Waals surface area contributed by atoms with Crippen molar-refractivity contribution >= 4 is 12.0 Å². The zero-order valence-corrected chi connectivity index (χ0v) is 10.2. The van der Waals surface area contributed by atoms with Crippen LogP contribution >= 0.6 is 0 Å². The minimum Gasteiger partial charge on any atom is -0.481 e. The number of amides is 2. The van der Waals surface area contributed by atoms with Crippen LogP contribution in [0.1, 0.15) is 27.2 Å². The number of aliphatic carboxylic acids is 1. The van der Waals surface area contributed by atoms with Gasteiger partial charge in [-0.1, -0.05) is 0 Å². The average molecular weight is 232 g/mol. The summed E-state index contributed by atoms with van der Waals surface area (Å²) in [5.74, 6) is -0.941. The molecule has 3 N–H and O–H groups in total. The largest absolute Gasteiger partial charge is 0.481 e. The molecule has 0 bridgehead atoms. The Morgan fingerprint density at radius 1 is 1.44 bits per heavy atom. The Hall–Kier alpha value is -1.30. The molecule has 6 nitrogen and oxygen atoms in total. The SMILES string of the molecule is COCC(C)(C)NC(=O)NC(C)CC(=O)O. The number of carbonyl (C=O) groups excluding carboxylic acids is 1. The second-order valence-corrected chi connectivity index (χ2v) is 4.41. The Labute approximate surface area is 95.4 Å². The number of nitrogens with one attached hydrogen (secondary N) is 2. The van der Waals surface area contributed by atoms with E-state index in [1.807, 2.05) is 13.8 Å². The summed E-state index contributed by atoms with van der Waals surface area (Å²) in [7, 11) is 1.55. The van der Waals surface area contributed by atoms with E-state index < -0.39 is 23.6 Å². The number of rotatable bonds is 6. The van der Waals surface area contributed by atoms with Gasteiger partial charge in [-0.3, -0.25) is 4.79 Å². The third kappa shape index (κ3) is 7.05. The molecule has 0 fully saturated rings. The lowest BCUT2D eigenvalue weighted by Crippen LogP contribution is -2.52. The molecule has 0 spiro atoms. The van der Waals surface area contributed by atoms with Gasteiger partial charge in [0.1, 0.15) is 0 Å². The van der Waals surface area contributed by atoms with E-state index in [2.05, 4.69) is 10.6 Å². The van der Waals surface area contributed by atoms with Gasteiger partial charge in [-0.2, -0.15) is 0 Å². The summed E-state index contributed by atoms with van der Waals surface area (Å²) in [6.07, 6.45) is -0.0991. The molecule has 0 aliphatic heterocycles. The van der Waals surface area contributed by atoms with Gasteiger partial charge >= 0.3 is 12.0 Å². The molecule has 2 amide bonds. The number of carboxylic acid groups (broad SMARTS) is 1. The fraction of sp³-hybridized carbons (Fsp3) is 0.800. The lowest BCUT2D eigenvalue weighted by atomic mass is 10.1. The molecule has 0 saturated carbocycles. The van der Waals surface area contributed by atoms with Gasteiger partial charge in [-0.25, -0.2) is 4.79 Å². The van der Waals surface area contributed by atoms with Crippen molar-refractivity contribution in [1.29, 1.82) is 0 Å². The molecule has 1 atom stereocenters. The number of carbonyl (C=O) groups is 2. The third-order valence-corrected chi connectivity index (χ3v) is 1.82. The van der Waals surface area contributed by atoms with E-state index in [0.29, 0.717) is 6.61 Å². The van der Waals surface area contributed by atoms with Gasteiger partial charge in [0.15, 0.2) is 0 Å². The molecule has 0 aromatic rings. The molecule has 0 aromatic heterocycles. The van der Waals surface area contributed by atoms with Crippen LogP contribution in [0.3, 0.4) is 0 Å². The molecule has 0 aliphatic carbocycles. The quantitative estimate of drug-likeness (QED) is 0.625. The van der Waals surface area contributed by atoms with Gasteiger partial charge in [-0.15, -0.1) is 0 Å². The van der Waals surface area contributed by atoms with Gasteiger partial charge < -0.3 is 20.5 Å². The van der Waals surface area contributed by atoms with E-state index in [-0.39, 0.29) is 6.42 Å². The van der Waals surface area contributed by atoms with Crippen LogP contribution in [-0.2, 0) is 9.53 Å². The number of hydrogen-bond donors (Lipinski definition) is 3. The van der Waals surface area contributed by atoms with Gasteiger partial charge in [0.2, 0.25) is 0 Å². The van der Waals surface area contributed by atoms with E-state index >= 15 is 0 Å². The highest BCUT2D eigenvalue weighted by atomic mass is 16.5. The lowest BCUT2D eigenvalue weighted by molar-refractivity contribution is -0.137. The van der Waals surface area contributed by atoms with Crippen LogP contribution in [0.25, 0.3) is 0 Å². The van der Waals surface area contributed by atoms with E-state index in [1.165, 1.54) is 0 Å². The molecule has 0 aliphatic rings. The van der Waals surface area contributed by atoms with Gasteiger partial charge in [0.05, 0.1) is 18.6 Å². The molecule has 16 heavy (non-hydrogen) atoms. The number of ether oxygens (including phenoxy) is 1. The molecule has 0 radical (unpaired) electrons.